The number of carbonyl (C=O) groups is 2. The number of hydrogen-bond acceptors (Lipinski definition) is 4. The molecule has 1 amide bonds. The summed E-state index contributed by atoms with van der Waals surface area (Å²) in [5.41, 5.74) is 4.21. The second-order valence-electron chi connectivity index (χ2n) is 4.90. The lowest BCUT2D eigenvalue weighted by Gasteiger charge is -2.41. The highest BCUT2D eigenvalue weighted by atomic mass is 19.1. The maximum atomic E-state index is 13.7. The molecule has 0 spiro atoms. The Balaban J connectivity index is 2.14. The number of nitrogens with two attached hydrogens (primary N) is 1. The molecule has 2 rings (SSSR count). The Morgan fingerprint density at radius 1 is 1.40 bits per heavy atom. The predicted molar refractivity (Wildman–Crippen MR) is 68.8 cm³/mol. The van der Waals surface area contributed by atoms with Gasteiger partial charge in [0.25, 0.3) is 5.91 Å². The van der Waals surface area contributed by atoms with Gasteiger partial charge in [-0.05, 0) is 31.4 Å². The third kappa shape index (κ3) is 2.89. The summed E-state index contributed by atoms with van der Waals surface area (Å²) in [5, 5.41) is 0. The molecule has 0 unspecified atom stereocenters. The summed E-state index contributed by atoms with van der Waals surface area (Å²) in [6, 6.07) is 3.86. The fraction of sp³-hybridized carbons (Fsp3) is 0.429. The average molecular weight is 281 g/mol. The lowest BCUT2D eigenvalue weighted by atomic mass is 9.77. The Labute approximate surface area is 115 Å². The van der Waals surface area contributed by atoms with E-state index in [1.54, 1.807) is 0 Å². The van der Waals surface area contributed by atoms with Gasteiger partial charge in [0.1, 0.15) is 17.2 Å². The summed E-state index contributed by atoms with van der Waals surface area (Å²) in [7, 11) is 1.32. The van der Waals surface area contributed by atoms with E-state index in [4.69, 9.17) is 10.5 Å². The minimum absolute atomic E-state index is 0.128. The van der Waals surface area contributed by atoms with Gasteiger partial charge in [0.15, 0.2) is 0 Å². The molecule has 1 aromatic rings. The van der Waals surface area contributed by atoms with E-state index in [9.17, 15) is 14.0 Å². The quantitative estimate of drug-likeness (QED) is 0.834. The number of primary amides is 1. The lowest BCUT2D eigenvalue weighted by Crippen LogP contribution is -2.45. The highest BCUT2D eigenvalue weighted by molar-refractivity contribution is 5.93. The van der Waals surface area contributed by atoms with Crippen molar-refractivity contribution < 1.29 is 23.5 Å². The van der Waals surface area contributed by atoms with Crippen LogP contribution in [0.3, 0.4) is 0 Å². The Bertz CT molecular complexity index is 540. The molecule has 0 atom stereocenters. The van der Waals surface area contributed by atoms with Crippen LogP contribution in [-0.2, 0) is 9.53 Å². The fourth-order valence-corrected chi connectivity index (χ4v) is 2.23. The number of rotatable bonds is 5. The smallest absolute Gasteiger partial charge is 0.309 e. The third-order valence-electron chi connectivity index (χ3n) is 3.50. The van der Waals surface area contributed by atoms with Crippen LogP contribution in [0.5, 0.6) is 5.75 Å². The Hall–Kier alpha value is -2.11. The van der Waals surface area contributed by atoms with Crippen LogP contribution in [0.2, 0.25) is 0 Å². The summed E-state index contributed by atoms with van der Waals surface area (Å²) >= 11 is 0. The first-order valence-electron chi connectivity index (χ1n) is 6.31. The van der Waals surface area contributed by atoms with E-state index >= 15 is 0 Å². The van der Waals surface area contributed by atoms with Crippen LogP contribution < -0.4 is 10.5 Å². The first-order chi connectivity index (χ1) is 9.46. The molecular weight excluding hydrogens is 265 g/mol. The van der Waals surface area contributed by atoms with E-state index in [0.717, 1.165) is 12.5 Å². The van der Waals surface area contributed by atoms with Crippen LogP contribution in [0.4, 0.5) is 4.39 Å². The Morgan fingerprint density at radius 2 is 2.10 bits per heavy atom. The second-order valence-corrected chi connectivity index (χ2v) is 4.90. The summed E-state index contributed by atoms with van der Waals surface area (Å²) in [4.78, 5) is 22.3. The molecule has 0 bridgehead atoms. The lowest BCUT2D eigenvalue weighted by molar-refractivity contribution is -0.148. The normalized spacial score (nSPS) is 16.1. The van der Waals surface area contributed by atoms with Gasteiger partial charge in [-0.2, -0.15) is 0 Å². The van der Waals surface area contributed by atoms with Gasteiger partial charge < -0.3 is 15.2 Å². The van der Waals surface area contributed by atoms with Gasteiger partial charge in [0.2, 0.25) is 0 Å². The third-order valence-corrected chi connectivity index (χ3v) is 3.50. The zero-order chi connectivity index (χ0) is 14.8. The molecular formula is C14H16FNO4. The summed E-state index contributed by atoms with van der Waals surface area (Å²) in [5.74, 6) is -1.65. The first-order valence-corrected chi connectivity index (χ1v) is 6.31. The van der Waals surface area contributed by atoms with E-state index in [1.165, 1.54) is 19.2 Å². The Morgan fingerprint density at radius 3 is 2.55 bits per heavy atom. The number of benzene rings is 1. The van der Waals surface area contributed by atoms with Crippen molar-refractivity contribution >= 4 is 11.9 Å². The van der Waals surface area contributed by atoms with Gasteiger partial charge in [-0.1, -0.05) is 0 Å². The number of ether oxygens (including phenoxy) is 2. The monoisotopic (exact) mass is 281 g/mol. The Kier molecular flexibility index (Phi) is 3.92. The van der Waals surface area contributed by atoms with Crippen molar-refractivity contribution in [3.05, 3.63) is 29.6 Å². The molecule has 5 nitrogen and oxygen atoms in total. The molecule has 108 valence electrons. The molecule has 0 radical (unpaired) electrons. The summed E-state index contributed by atoms with van der Waals surface area (Å²) < 4.78 is 24.0. The van der Waals surface area contributed by atoms with Gasteiger partial charge >= 0.3 is 5.97 Å². The topological polar surface area (TPSA) is 78.6 Å². The number of carbonyl (C=O) groups excluding carboxylic acids is 2. The van der Waals surface area contributed by atoms with Crippen molar-refractivity contribution in [1.29, 1.82) is 0 Å². The van der Waals surface area contributed by atoms with E-state index in [2.05, 4.69) is 4.74 Å². The maximum Gasteiger partial charge on any atom is 0.309 e. The minimum atomic E-state index is -0.832. The fourth-order valence-electron chi connectivity index (χ4n) is 2.23. The minimum Gasteiger partial charge on any atom is -0.487 e. The second kappa shape index (κ2) is 5.48. The maximum absolute atomic E-state index is 13.7. The number of hydrogen-bond donors (Lipinski definition) is 1. The van der Waals surface area contributed by atoms with Crippen LogP contribution in [-0.4, -0.2) is 24.6 Å². The van der Waals surface area contributed by atoms with Crippen molar-refractivity contribution in [3.8, 4) is 5.75 Å². The molecule has 1 aromatic carbocycles. The van der Waals surface area contributed by atoms with Crippen molar-refractivity contribution in [2.24, 2.45) is 5.73 Å². The number of halogens is 1. The van der Waals surface area contributed by atoms with Crippen LogP contribution >= 0.6 is 0 Å². The van der Waals surface area contributed by atoms with E-state index in [1.807, 2.05) is 0 Å². The van der Waals surface area contributed by atoms with Crippen molar-refractivity contribution in [3.63, 3.8) is 0 Å². The van der Waals surface area contributed by atoms with Crippen LogP contribution in [0, 0.1) is 5.82 Å². The predicted octanol–water partition coefficient (Wildman–Crippen LogP) is 1.79. The average Bonchev–Trinajstić information content (AvgIpc) is 2.35. The molecule has 2 N–H and O–H groups in total. The van der Waals surface area contributed by atoms with E-state index in [0.29, 0.717) is 12.8 Å². The zero-order valence-electron chi connectivity index (χ0n) is 11.1. The number of amides is 1. The number of esters is 1. The molecule has 1 aliphatic rings. The van der Waals surface area contributed by atoms with Crippen molar-refractivity contribution in [1.82, 2.24) is 0 Å². The molecule has 20 heavy (non-hydrogen) atoms. The molecule has 1 fully saturated rings. The van der Waals surface area contributed by atoms with E-state index < -0.39 is 17.3 Å². The summed E-state index contributed by atoms with van der Waals surface area (Å²) in [6.45, 7) is 0. The summed E-state index contributed by atoms with van der Waals surface area (Å²) in [6.07, 6.45) is 2.49. The standard InChI is InChI=1S/C14H16FNO4/c1-19-12(17)8-14(5-2-6-14)20-9-3-4-10(13(16)18)11(15)7-9/h3-4,7H,2,5-6,8H2,1H3,(H2,16,18). The SMILES string of the molecule is COC(=O)CC1(Oc2ccc(C(N)=O)c(F)c2)CCC1. The van der Waals surface area contributed by atoms with Crippen molar-refractivity contribution in [2.45, 2.75) is 31.3 Å². The van der Waals surface area contributed by atoms with Crippen LogP contribution in [0.25, 0.3) is 0 Å². The first kappa shape index (κ1) is 14.3. The highest BCUT2D eigenvalue weighted by Gasteiger charge is 2.42. The molecule has 1 saturated carbocycles. The van der Waals surface area contributed by atoms with E-state index in [-0.39, 0.29) is 23.7 Å². The van der Waals surface area contributed by atoms with Gasteiger partial charge in [-0.3, -0.25) is 9.59 Å². The highest BCUT2D eigenvalue weighted by Crippen LogP contribution is 2.39. The molecule has 0 aliphatic heterocycles. The van der Waals surface area contributed by atoms with Gasteiger partial charge in [0, 0.05) is 6.07 Å². The van der Waals surface area contributed by atoms with Gasteiger partial charge in [-0.15, -0.1) is 0 Å². The van der Waals surface area contributed by atoms with Crippen molar-refractivity contribution in [2.75, 3.05) is 7.11 Å². The molecule has 0 saturated heterocycles. The van der Waals surface area contributed by atoms with Gasteiger partial charge in [0.05, 0.1) is 19.1 Å². The molecule has 1 aliphatic carbocycles. The van der Waals surface area contributed by atoms with Crippen LogP contribution in [0.15, 0.2) is 18.2 Å². The molecule has 6 heteroatoms. The van der Waals surface area contributed by atoms with Gasteiger partial charge in [-0.25, -0.2) is 4.39 Å². The largest absolute Gasteiger partial charge is 0.487 e. The molecule has 0 aromatic heterocycles. The molecule has 0 heterocycles. The number of methoxy groups -OCH3 is 1. The van der Waals surface area contributed by atoms with Crippen LogP contribution in [0.1, 0.15) is 36.0 Å². The zero-order valence-corrected chi connectivity index (χ0v) is 11.1.